The minimum atomic E-state index is -0.989. The average Bonchev–Trinajstić information content (AvgIpc) is 2.55. The fraction of sp³-hybridized carbons (Fsp3) is 0.118. The molecule has 0 unspecified atom stereocenters. The highest BCUT2D eigenvalue weighted by molar-refractivity contribution is 7.80. The van der Waals surface area contributed by atoms with E-state index in [4.69, 9.17) is 17.3 Å². The summed E-state index contributed by atoms with van der Waals surface area (Å²) in [6, 6.07) is 14.3. The third kappa shape index (κ3) is 5.06. The largest absolute Gasteiger partial charge is 0.478 e. The highest BCUT2D eigenvalue weighted by Gasteiger charge is 2.03. The van der Waals surface area contributed by atoms with Gasteiger partial charge in [0.15, 0.2) is 5.11 Å². The van der Waals surface area contributed by atoms with Crippen molar-refractivity contribution in [2.75, 3.05) is 24.3 Å². The normalized spacial score (nSPS) is 10.4. The first kappa shape index (κ1) is 17.4. The van der Waals surface area contributed by atoms with Crippen molar-refractivity contribution in [2.45, 2.75) is 0 Å². The van der Waals surface area contributed by atoms with E-state index in [1.54, 1.807) is 18.3 Å². The molecule has 0 bridgehead atoms. The van der Waals surface area contributed by atoms with Crippen LogP contribution in [0.3, 0.4) is 0 Å². The number of carboxylic acids is 1. The van der Waals surface area contributed by atoms with Gasteiger partial charge in [-0.1, -0.05) is 18.2 Å². The fourth-order valence-electron chi connectivity index (χ4n) is 1.91. The molecule has 0 saturated carbocycles. The highest BCUT2D eigenvalue weighted by Crippen LogP contribution is 2.11. The Bertz CT molecular complexity index is 757. The van der Waals surface area contributed by atoms with Gasteiger partial charge in [0, 0.05) is 25.5 Å². The van der Waals surface area contributed by atoms with Gasteiger partial charge in [0.1, 0.15) is 0 Å². The summed E-state index contributed by atoms with van der Waals surface area (Å²) >= 11 is 5.13. The predicted octanol–water partition coefficient (Wildman–Crippen LogP) is 2.77. The van der Waals surface area contributed by atoms with Gasteiger partial charge in [-0.15, -0.1) is 0 Å². The van der Waals surface area contributed by atoms with Crippen molar-refractivity contribution in [1.82, 2.24) is 5.43 Å². The van der Waals surface area contributed by atoms with Gasteiger partial charge in [0.25, 0.3) is 0 Å². The Morgan fingerprint density at radius 1 is 1.21 bits per heavy atom. The molecular weight excluding hydrogens is 324 g/mol. The molecule has 2 rings (SSSR count). The summed E-state index contributed by atoms with van der Waals surface area (Å²) in [5, 5.41) is 16.2. The molecule has 0 saturated heterocycles. The van der Waals surface area contributed by atoms with E-state index in [0.29, 0.717) is 5.69 Å². The number of aromatic carboxylic acids is 1. The van der Waals surface area contributed by atoms with Crippen molar-refractivity contribution in [1.29, 1.82) is 0 Å². The maximum absolute atomic E-state index is 10.9. The lowest BCUT2D eigenvalue weighted by Crippen LogP contribution is -2.24. The second kappa shape index (κ2) is 8.07. The van der Waals surface area contributed by atoms with Crippen LogP contribution in [-0.4, -0.2) is 36.5 Å². The standard InChI is InChI=1S/C17H18N4O2S/c1-21(2)15-8-6-12(7-9-15)11-18-20-17(24)19-14-5-3-4-13(10-14)16(22)23/h3-11H,1-2H3,(H,22,23)(H2,19,20,24)/b18-11-. The van der Waals surface area contributed by atoms with E-state index in [0.717, 1.165) is 11.3 Å². The predicted molar refractivity (Wildman–Crippen MR) is 101 cm³/mol. The molecule has 6 nitrogen and oxygen atoms in total. The molecule has 0 heterocycles. The molecule has 124 valence electrons. The summed E-state index contributed by atoms with van der Waals surface area (Å²) in [7, 11) is 3.96. The number of nitrogens with zero attached hydrogens (tertiary/aromatic N) is 2. The first-order valence-corrected chi connectivity index (χ1v) is 7.57. The Balaban J connectivity index is 1.90. The molecule has 0 aliphatic carbocycles. The van der Waals surface area contributed by atoms with Crippen LogP contribution >= 0.6 is 12.2 Å². The molecule has 0 amide bonds. The zero-order chi connectivity index (χ0) is 17.5. The number of hydrazone groups is 1. The summed E-state index contributed by atoms with van der Waals surface area (Å²) in [4.78, 5) is 12.9. The number of carbonyl (C=O) groups is 1. The van der Waals surface area contributed by atoms with Crippen molar-refractivity contribution in [2.24, 2.45) is 5.10 Å². The highest BCUT2D eigenvalue weighted by atomic mass is 32.1. The fourth-order valence-corrected chi connectivity index (χ4v) is 2.08. The Morgan fingerprint density at radius 2 is 1.92 bits per heavy atom. The molecule has 0 radical (unpaired) electrons. The van der Waals surface area contributed by atoms with Gasteiger partial charge in [-0.2, -0.15) is 5.10 Å². The third-order valence-corrected chi connectivity index (χ3v) is 3.35. The summed E-state index contributed by atoms with van der Waals surface area (Å²) in [5.41, 5.74) is 5.51. The van der Waals surface area contributed by atoms with Crippen molar-refractivity contribution < 1.29 is 9.90 Å². The third-order valence-electron chi connectivity index (χ3n) is 3.16. The first-order chi connectivity index (χ1) is 11.5. The number of nitrogens with one attached hydrogen (secondary N) is 2. The topological polar surface area (TPSA) is 77.0 Å². The quantitative estimate of drug-likeness (QED) is 0.441. The van der Waals surface area contributed by atoms with Crippen LogP contribution in [0, 0.1) is 0 Å². The summed E-state index contributed by atoms with van der Waals surface area (Å²) in [6.07, 6.45) is 1.65. The van der Waals surface area contributed by atoms with E-state index in [9.17, 15) is 4.79 Å². The smallest absolute Gasteiger partial charge is 0.335 e. The number of carboxylic acid groups (broad SMARTS) is 1. The molecule has 0 aliphatic rings. The van der Waals surface area contributed by atoms with E-state index >= 15 is 0 Å². The Kier molecular flexibility index (Phi) is 5.86. The van der Waals surface area contributed by atoms with E-state index in [1.807, 2.05) is 43.3 Å². The zero-order valence-electron chi connectivity index (χ0n) is 13.4. The second-order valence-corrected chi connectivity index (χ2v) is 5.60. The number of rotatable bonds is 5. The Morgan fingerprint density at radius 3 is 2.54 bits per heavy atom. The van der Waals surface area contributed by atoms with Crippen molar-refractivity contribution >= 4 is 40.9 Å². The van der Waals surface area contributed by atoms with Gasteiger partial charge >= 0.3 is 5.97 Å². The maximum Gasteiger partial charge on any atom is 0.335 e. The number of anilines is 2. The van der Waals surface area contributed by atoms with E-state index in [-0.39, 0.29) is 10.7 Å². The lowest BCUT2D eigenvalue weighted by Gasteiger charge is -2.11. The lowest BCUT2D eigenvalue weighted by atomic mass is 10.2. The minimum Gasteiger partial charge on any atom is -0.478 e. The molecule has 2 aromatic rings. The molecule has 7 heteroatoms. The molecule has 2 aromatic carbocycles. The van der Waals surface area contributed by atoms with Crippen LogP contribution in [0.15, 0.2) is 53.6 Å². The van der Waals surface area contributed by atoms with Gasteiger partial charge in [-0.3, -0.25) is 5.43 Å². The number of thiocarbonyl (C=S) groups is 1. The second-order valence-electron chi connectivity index (χ2n) is 5.20. The first-order valence-electron chi connectivity index (χ1n) is 7.16. The molecule has 24 heavy (non-hydrogen) atoms. The monoisotopic (exact) mass is 342 g/mol. The van der Waals surface area contributed by atoms with Crippen LogP contribution in [0.1, 0.15) is 15.9 Å². The van der Waals surface area contributed by atoms with E-state index < -0.39 is 5.97 Å². The van der Waals surface area contributed by atoms with Crippen LogP contribution < -0.4 is 15.6 Å². The summed E-state index contributed by atoms with van der Waals surface area (Å²) in [6.45, 7) is 0. The van der Waals surface area contributed by atoms with Gasteiger partial charge in [0.05, 0.1) is 11.8 Å². The average molecular weight is 342 g/mol. The summed E-state index contributed by atoms with van der Waals surface area (Å²) < 4.78 is 0. The Hall–Kier alpha value is -2.93. The molecule has 0 atom stereocenters. The van der Waals surface area contributed by atoms with Gasteiger partial charge in [-0.25, -0.2) is 4.79 Å². The molecular formula is C17H18N4O2S. The van der Waals surface area contributed by atoms with Crippen LogP contribution in [-0.2, 0) is 0 Å². The molecule has 0 spiro atoms. The van der Waals surface area contributed by atoms with Gasteiger partial charge < -0.3 is 15.3 Å². The molecule has 0 aliphatic heterocycles. The number of hydrogen-bond acceptors (Lipinski definition) is 4. The molecule has 0 aromatic heterocycles. The SMILES string of the molecule is CN(C)c1ccc(/C=N\NC(=S)Nc2cccc(C(=O)O)c2)cc1. The minimum absolute atomic E-state index is 0.187. The van der Waals surface area contributed by atoms with Crippen molar-refractivity contribution in [3.8, 4) is 0 Å². The van der Waals surface area contributed by atoms with Crippen molar-refractivity contribution in [3.63, 3.8) is 0 Å². The van der Waals surface area contributed by atoms with Crippen LogP contribution in [0.2, 0.25) is 0 Å². The van der Waals surface area contributed by atoms with Crippen molar-refractivity contribution in [3.05, 3.63) is 59.7 Å². The molecule has 3 N–H and O–H groups in total. The maximum atomic E-state index is 10.9. The Labute approximate surface area is 145 Å². The summed E-state index contributed by atoms with van der Waals surface area (Å²) in [5.74, 6) is -0.989. The lowest BCUT2D eigenvalue weighted by molar-refractivity contribution is 0.0697. The number of benzene rings is 2. The van der Waals surface area contributed by atoms with E-state index in [1.165, 1.54) is 12.1 Å². The van der Waals surface area contributed by atoms with E-state index in [2.05, 4.69) is 15.8 Å². The number of hydrogen-bond donors (Lipinski definition) is 3. The molecule has 0 fully saturated rings. The van der Waals surface area contributed by atoms with Gasteiger partial charge in [-0.05, 0) is 48.1 Å². The van der Waals surface area contributed by atoms with Crippen LogP contribution in [0.4, 0.5) is 11.4 Å². The zero-order valence-corrected chi connectivity index (χ0v) is 14.2. The van der Waals surface area contributed by atoms with Crippen LogP contribution in [0.25, 0.3) is 0 Å². The van der Waals surface area contributed by atoms with Gasteiger partial charge in [0.2, 0.25) is 0 Å². The van der Waals surface area contributed by atoms with Crippen LogP contribution in [0.5, 0.6) is 0 Å².